The van der Waals surface area contributed by atoms with Crippen molar-refractivity contribution in [1.82, 2.24) is 10.3 Å². The number of hydrogen-bond donors (Lipinski definition) is 1. The van der Waals surface area contributed by atoms with Crippen molar-refractivity contribution in [2.75, 3.05) is 20.3 Å². The summed E-state index contributed by atoms with van der Waals surface area (Å²) in [5.41, 5.74) is 1.29. The smallest absolute Gasteiger partial charge is 0.251 e. The van der Waals surface area contributed by atoms with Crippen LogP contribution in [0, 0.1) is 0 Å². The van der Waals surface area contributed by atoms with E-state index < -0.39 is 0 Å². The Morgan fingerprint density at radius 2 is 2.17 bits per heavy atom. The maximum absolute atomic E-state index is 12.4. The molecule has 1 aromatic carbocycles. The molecule has 1 amide bonds. The summed E-state index contributed by atoms with van der Waals surface area (Å²) in [6, 6.07) is 6.81. The van der Waals surface area contributed by atoms with Crippen molar-refractivity contribution in [2.45, 2.75) is 13.0 Å². The third-order valence-electron chi connectivity index (χ3n) is 3.52. The Balaban J connectivity index is 1.70. The Bertz CT molecular complexity index is 734. The molecule has 0 fully saturated rings. The fourth-order valence-electron chi connectivity index (χ4n) is 2.28. The van der Waals surface area contributed by atoms with Crippen LogP contribution in [-0.4, -0.2) is 31.2 Å². The summed E-state index contributed by atoms with van der Waals surface area (Å²) in [5, 5.41) is 3.19. The molecule has 1 aromatic heterocycles. The van der Waals surface area contributed by atoms with Gasteiger partial charge in [-0.05, 0) is 17.7 Å². The zero-order chi connectivity index (χ0) is 16.9. The fourth-order valence-corrected chi connectivity index (χ4v) is 2.55. The van der Waals surface area contributed by atoms with E-state index in [0.29, 0.717) is 47.7 Å². The van der Waals surface area contributed by atoms with Gasteiger partial charge in [-0.2, -0.15) is 0 Å². The number of halogens is 1. The van der Waals surface area contributed by atoms with E-state index in [0.717, 1.165) is 12.0 Å². The number of methoxy groups -OCH3 is 1. The van der Waals surface area contributed by atoms with E-state index >= 15 is 0 Å². The average Bonchev–Trinajstić information content (AvgIpc) is 2.86. The minimum atomic E-state index is -0.247. The number of carbonyl (C=O) groups excluding carboxylic acids is 1. The van der Waals surface area contributed by atoms with Crippen LogP contribution in [-0.2, 0) is 6.54 Å². The maximum atomic E-state index is 12.4. The molecule has 0 bridgehead atoms. The lowest BCUT2D eigenvalue weighted by atomic mass is 10.1. The summed E-state index contributed by atoms with van der Waals surface area (Å²) in [5.74, 6) is 1.27. The normalized spacial score (nSPS) is 13.1. The lowest BCUT2D eigenvalue weighted by molar-refractivity contribution is 0.0950. The van der Waals surface area contributed by atoms with Gasteiger partial charge in [0, 0.05) is 30.8 Å². The maximum Gasteiger partial charge on any atom is 0.251 e. The van der Waals surface area contributed by atoms with Crippen LogP contribution in [0.5, 0.6) is 17.4 Å². The second-order valence-electron chi connectivity index (χ2n) is 5.23. The first-order valence-electron chi connectivity index (χ1n) is 7.53. The highest BCUT2D eigenvalue weighted by Gasteiger charge is 2.18. The molecule has 0 unspecified atom stereocenters. The molecule has 0 saturated heterocycles. The SMILES string of the molecule is COc1ccc(CNC(=O)c2cc(Cl)c3c(c2)OCCCO3)cn1. The quantitative estimate of drug-likeness (QED) is 0.920. The predicted molar refractivity (Wildman–Crippen MR) is 89.0 cm³/mol. The van der Waals surface area contributed by atoms with E-state index in [1.807, 2.05) is 6.07 Å². The van der Waals surface area contributed by atoms with Crippen molar-refractivity contribution < 1.29 is 19.0 Å². The van der Waals surface area contributed by atoms with Crippen molar-refractivity contribution in [1.29, 1.82) is 0 Å². The first-order chi connectivity index (χ1) is 11.7. The van der Waals surface area contributed by atoms with Gasteiger partial charge < -0.3 is 19.5 Å². The molecule has 2 heterocycles. The molecule has 126 valence electrons. The van der Waals surface area contributed by atoms with E-state index in [-0.39, 0.29) is 5.91 Å². The lowest BCUT2D eigenvalue weighted by Gasteiger charge is -2.12. The number of hydrogen-bond acceptors (Lipinski definition) is 5. The number of aromatic nitrogens is 1. The molecule has 0 radical (unpaired) electrons. The standard InChI is InChI=1S/C17H17ClN2O4/c1-22-15-4-3-11(9-19-15)10-20-17(21)12-7-13(18)16-14(8-12)23-5-2-6-24-16/h3-4,7-9H,2,5-6,10H2,1H3,(H,20,21). The molecular formula is C17H17ClN2O4. The van der Waals surface area contributed by atoms with Crippen LogP contribution in [0.4, 0.5) is 0 Å². The van der Waals surface area contributed by atoms with Gasteiger partial charge in [0.25, 0.3) is 5.91 Å². The van der Waals surface area contributed by atoms with Crippen molar-refractivity contribution in [3.8, 4) is 17.4 Å². The second kappa shape index (κ2) is 7.40. The summed E-state index contributed by atoms with van der Waals surface area (Å²) in [4.78, 5) is 16.5. The van der Waals surface area contributed by atoms with Crippen LogP contribution in [0.2, 0.25) is 5.02 Å². The van der Waals surface area contributed by atoms with E-state index in [9.17, 15) is 4.79 Å². The molecule has 1 aliphatic heterocycles. The van der Waals surface area contributed by atoms with Gasteiger partial charge in [-0.3, -0.25) is 4.79 Å². The molecule has 0 spiro atoms. The van der Waals surface area contributed by atoms with Gasteiger partial charge in [-0.25, -0.2) is 4.98 Å². The molecule has 1 N–H and O–H groups in total. The van der Waals surface area contributed by atoms with Crippen molar-refractivity contribution >= 4 is 17.5 Å². The first kappa shape index (κ1) is 16.4. The number of nitrogens with zero attached hydrogens (tertiary/aromatic N) is 1. The third kappa shape index (κ3) is 3.71. The van der Waals surface area contributed by atoms with Gasteiger partial charge in [0.2, 0.25) is 5.88 Å². The molecule has 6 nitrogen and oxygen atoms in total. The average molecular weight is 349 g/mol. The molecule has 3 rings (SSSR count). The highest BCUT2D eigenvalue weighted by Crippen LogP contribution is 2.37. The van der Waals surface area contributed by atoms with Gasteiger partial charge in [-0.15, -0.1) is 0 Å². The molecule has 0 saturated carbocycles. The Kier molecular flexibility index (Phi) is 5.05. The molecule has 0 aliphatic carbocycles. The van der Waals surface area contributed by atoms with E-state index in [1.165, 1.54) is 0 Å². The number of fused-ring (bicyclic) bond motifs is 1. The largest absolute Gasteiger partial charge is 0.489 e. The summed E-state index contributed by atoms with van der Waals surface area (Å²) in [6.07, 6.45) is 2.43. The van der Waals surface area contributed by atoms with E-state index in [1.54, 1.807) is 31.5 Å². The van der Waals surface area contributed by atoms with Crippen LogP contribution < -0.4 is 19.5 Å². The molecule has 24 heavy (non-hydrogen) atoms. The first-order valence-corrected chi connectivity index (χ1v) is 7.91. The van der Waals surface area contributed by atoms with Gasteiger partial charge in [0.05, 0.1) is 25.3 Å². The summed E-state index contributed by atoms with van der Waals surface area (Å²) in [7, 11) is 1.55. The number of amides is 1. The van der Waals surface area contributed by atoms with Gasteiger partial charge >= 0.3 is 0 Å². The third-order valence-corrected chi connectivity index (χ3v) is 3.80. The van der Waals surface area contributed by atoms with Gasteiger partial charge in [0.1, 0.15) is 0 Å². The number of carbonyl (C=O) groups is 1. The fraction of sp³-hybridized carbons (Fsp3) is 0.294. The number of ether oxygens (including phenoxy) is 3. The minimum absolute atomic E-state index is 0.247. The predicted octanol–water partition coefficient (Wildman–Crippen LogP) is 2.83. The summed E-state index contributed by atoms with van der Waals surface area (Å²) < 4.78 is 16.2. The molecule has 1 aliphatic rings. The Morgan fingerprint density at radius 3 is 2.92 bits per heavy atom. The number of nitrogens with one attached hydrogen (secondary N) is 1. The summed E-state index contributed by atoms with van der Waals surface area (Å²) >= 11 is 6.21. The van der Waals surface area contributed by atoms with Crippen molar-refractivity contribution in [3.63, 3.8) is 0 Å². The number of pyridine rings is 1. The number of benzene rings is 1. The lowest BCUT2D eigenvalue weighted by Crippen LogP contribution is -2.23. The molecule has 2 aromatic rings. The van der Waals surface area contributed by atoms with Crippen molar-refractivity contribution in [2.24, 2.45) is 0 Å². The number of rotatable bonds is 4. The van der Waals surface area contributed by atoms with Crippen molar-refractivity contribution in [3.05, 3.63) is 46.6 Å². The topological polar surface area (TPSA) is 69.7 Å². The molecule has 7 heteroatoms. The minimum Gasteiger partial charge on any atom is -0.489 e. The summed E-state index contributed by atoms with van der Waals surface area (Å²) in [6.45, 7) is 1.43. The zero-order valence-corrected chi connectivity index (χ0v) is 13.9. The van der Waals surface area contributed by atoms with Crippen LogP contribution in [0.25, 0.3) is 0 Å². The van der Waals surface area contributed by atoms with Gasteiger partial charge in [0.15, 0.2) is 11.5 Å². The molecular weight excluding hydrogens is 332 g/mol. The van der Waals surface area contributed by atoms with Crippen LogP contribution in [0.15, 0.2) is 30.5 Å². The molecule has 0 atom stereocenters. The highest BCUT2D eigenvalue weighted by atomic mass is 35.5. The Morgan fingerprint density at radius 1 is 1.33 bits per heavy atom. The van der Waals surface area contributed by atoms with E-state index in [2.05, 4.69) is 10.3 Å². The Labute approximate surface area is 144 Å². The van der Waals surface area contributed by atoms with Gasteiger partial charge in [-0.1, -0.05) is 17.7 Å². The Hall–Kier alpha value is -2.47. The second-order valence-corrected chi connectivity index (χ2v) is 5.63. The zero-order valence-electron chi connectivity index (χ0n) is 13.2. The van der Waals surface area contributed by atoms with Crippen LogP contribution in [0.1, 0.15) is 22.3 Å². The highest BCUT2D eigenvalue weighted by molar-refractivity contribution is 6.32. The monoisotopic (exact) mass is 348 g/mol. The van der Waals surface area contributed by atoms with Crippen LogP contribution >= 0.6 is 11.6 Å². The van der Waals surface area contributed by atoms with E-state index in [4.69, 9.17) is 25.8 Å². The van der Waals surface area contributed by atoms with Crippen LogP contribution in [0.3, 0.4) is 0 Å².